The molecule has 0 amide bonds. The molecular weight excluding hydrogens is 247 g/mol. The highest BCUT2D eigenvalue weighted by Crippen LogP contribution is 2.26. The van der Waals surface area contributed by atoms with Crippen molar-refractivity contribution in [2.24, 2.45) is 0 Å². The Hall–Kier alpha value is -1.30. The molecule has 1 N–H and O–H groups in total. The van der Waals surface area contributed by atoms with Crippen molar-refractivity contribution in [2.75, 3.05) is 0 Å². The molecule has 1 rings (SSSR count). The van der Waals surface area contributed by atoms with Crippen molar-refractivity contribution in [3.63, 3.8) is 0 Å². The molecule has 0 aliphatic heterocycles. The first-order valence-corrected chi connectivity index (χ1v) is 4.72. The molecule has 0 fully saturated rings. The van der Waals surface area contributed by atoms with E-state index in [4.69, 9.17) is 16.7 Å². The van der Waals surface area contributed by atoms with Gasteiger partial charge in [-0.1, -0.05) is 0 Å². The van der Waals surface area contributed by atoms with Crippen LogP contribution in [0.2, 0.25) is 0 Å². The Bertz CT molecular complexity index is 412. The van der Waals surface area contributed by atoms with Crippen LogP contribution in [0.15, 0.2) is 6.20 Å². The van der Waals surface area contributed by atoms with Gasteiger partial charge in [-0.25, -0.2) is 13.2 Å². The molecule has 0 atom stereocenters. The Labute approximate surface area is 93.9 Å². The lowest BCUT2D eigenvalue weighted by atomic mass is 10.0. The number of aromatic nitrogens is 1. The second kappa shape index (κ2) is 5.16. The summed E-state index contributed by atoms with van der Waals surface area (Å²) >= 11 is 5.39. The summed E-state index contributed by atoms with van der Waals surface area (Å²) in [4.78, 5) is 13.7. The van der Waals surface area contributed by atoms with Gasteiger partial charge < -0.3 is 5.11 Å². The number of hydrogen-bond acceptors (Lipinski definition) is 2. The molecule has 0 saturated carbocycles. The fourth-order valence-corrected chi connectivity index (χ4v) is 1.55. The lowest BCUT2D eigenvalue weighted by Gasteiger charge is -2.10. The van der Waals surface area contributed by atoms with Gasteiger partial charge in [0, 0.05) is 5.56 Å². The maximum atomic E-state index is 13.2. The molecule has 0 radical (unpaired) electrons. The van der Waals surface area contributed by atoms with Crippen LogP contribution in [0.5, 0.6) is 0 Å². The molecule has 7 heteroatoms. The van der Waals surface area contributed by atoms with Gasteiger partial charge in [0.2, 0.25) is 0 Å². The van der Waals surface area contributed by atoms with Gasteiger partial charge >= 0.3 is 5.97 Å². The lowest BCUT2D eigenvalue weighted by molar-refractivity contribution is -0.136. The summed E-state index contributed by atoms with van der Waals surface area (Å²) in [5.74, 6) is -2.60. The van der Waals surface area contributed by atoms with E-state index >= 15 is 0 Å². The predicted molar refractivity (Wildman–Crippen MR) is 50.0 cm³/mol. The van der Waals surface area contributed by atoms with Crippen LogP contribution in [-0.4, -0.2) is 16.1 Å². The van der Waals surface area contributed by atoms with E-state index in [1.165, 1.54) is 0 Å². The second-order valence-corrected chi connectivity index (χ2v) is 3.22. The van der Waals surface area contributed by atoms with Crippen molar-refractivity contribution in [3.8, 4) is 0 Å². The molecule has 1 aromatic rings. The minimum atomic E-state index is -2.96. The largest absolute Gasteiger partial charge is 0.481 e. The Balaban J connectivity index is 3.34. The first-order chi connectivity index (χ1) is 7.47. The van der Waals surface area contributed by atoms with Gasteiger partial charge in [0.25, 0.3) is 6.43 Å². The van der Waals surface area contributed by atoms with Crippen LogP contribution in [0.4, 0.5) is 13.2 Å². The van der Waals surface area contributed by atoms with Crippen LogP contribution in [0.25, 0.3) is 0 Å². The van der Waals surface area contributed by atoms with Crippen LogP contribution >= 0.6 is 11.6 Å². The molecule has 0 aliphatic carbocycles. The second-order valence-electron chi connectivity index (χ2n) is 2.95. The van der Waals surface area contributed by atoms with Gasteiger partial charge in [0.05, 0.1) is 18.5 Å². The molecule has 1 aromatic heterocycles. The van der Waals surface area contributed by atoms with Crippen molar-refractivity contribution in [1.82, 2.24) is 4.98 Å². The molecule has 0 aromatic carbocycles. The molecule has 0 spiro atoms. The van der Waals surface area contributed by atoms with Crippen LogP contribution in [0, 0.1) is 5.82 Å². The normalized spacial score (nSPS) is 10.8. The summed E-state index contributed by atoms with van der Waals surface area (Å²) in [6, 6.07) is 0. The van der Waals surface area contributed by atoms with Crippen molar-refractivity contribution < 1.29 is 23.1 Å². The van der Waals surface area contributed by atoms with Gasteiger partial charge in [0.1, 0.15) is 11.5 Å². The van der Waals surface area contributed by atoms with Crippen LogP contribution in [-0.2, 0) is 17.1 Å². The molecule has 0 unspecified atom stereocenters. The maximum absolute atomic E-state index is 13.2. The van der Waals surface area contributed by atoms with Crippen LogP contribution in [0.1, 0.15) is 23.2 Å². The third kappa shape index (κ3) is 2.63. The summed E-state index contributed by atoms with van der Waals surface area (Å²) in [6.45, 7) is 0. The van der Waals surface area contributed by atoms with E-state index in [0.29, 0.717) is 6.20 Å². The summed E-state index contributed by atoms with van der Waals surface area (Å²) < 4.78 is 38.2. The van der Waals surface area contributed by atoms with Crippen molar-refractivity contribution in [3.05, 3.63) is 28.8 Å². The highest BCUT2D eigenvalue weighted by atomic mass is 35.5. The molecule has 16 heavy (non-hydrogen) atoms. The molecule has 3 nitrogen and oxygen atoms in total. The number of carboxylic acid groups (broad SMARTS) is 1. The lowest BCUT2D eigenvalue weighted by Crippen LogP contribution is -2.10. The summed E-state index contributed by atoms with van der Waals surface area (Å²) in [5.41, 5.74) is -1.33. The number of aliphatic carboxylic acids is 1. The fourth-order valence-electron chi connectivity index (χ4n) is 1.26. The first kappa shape index (κ1) is 12.8. The SMILES string of the molecule is O=C(O)Cc1c(C(F)F)ncc(F)c1CCl. The summed E-state index contributed by atoms with van der Waals surface area (Å²) in [6.07, 6.45) is -3.08. The van der Waals surface area contributed by atoms with E-state index in [1.54, 1.807) is 0 Å². The zero-order chi connectivity index (χ0) is 12.3. The number of alkyl halides is 3. The number of carboxylic acids is 1. The molecule has 0 aliphatic rings. The van der Waals surface area contributed by atoms with Crippen LogP contribution in [0.3, 0.4) is 0 Å². The number of pyridine rings is 1. The van der Waals surface area contributed by atoms with Gasteiger partial charge in [-0.15, -0.1) is 11.6 Å². The topological polar surface area (TPSA) is 50.2 Å². The highest BCUT2D eigenvalue weighted by molar-refractivity contribution is 6.17. The van der Waals surface area contributed by atoms with Gasteiger partial charge in [0.15, 0.2) is 0 Å². The van der Waals surface area contributed by atoms with Crippen LogP contribution < -0.4 is 0 Å². The Morgan fingerprint density at radius 2 is 2.12 bits per heavy atom. The van der Waals surface area contributed by atoms with E-state index in [9.17, 15) is 18.0 Å². The summed E-state index contributed by atoms with van der Waals surface area (Å²) in [5, 5.41) is 8.55. The zero-order valence-electron chi connectivity index (χ0n) is 7.88. The van der Waals surface area contributed by atoms with Gasteiger partial charge in [-0.05, 0) is 5.56 Å². The number of halogens is 4. The Morgan fingerprint density at radius 3 is 2.56 bits per heavy atom. The first-order valence-electron chi connectivity index (χ1n) is 4.19. The van der Waals surface area contributed by atoms with E-state index in [-0.39, 0.29) is 17.0 Å². The minimum absolute atomic E-state index is 0.241. The maximum Gasteiger partial charge on any atom is 0.307 e. The van der Waals surface area contributed by atoms with Crippen molar-refractivity contribution in [2.45, 2.75) is 18.7 Å². The molecule has 1 heterocycles. The van der Waals surface area contributed by atoms with E-state index < -0.39 is 30.3 Å². The van der Waals surface area contributed by atoms with E-state index in [2.05, 4.69) is 4.98 Å². The quantitative estimate of drug-likeness (QED) is 0.839. The third-order valence-corrected chi connectivity index (χ3v) is 2.21. The molecule has 0 saturated heterocycles. The third-order valence-electron chi connectivity index (χ3n) is 1.95. The number of carbonyl (C=O) groups is 1. The minimum Gasteiger partial charge on any atom is -0.481 e. The standard InChI is InChI=1S/C9H7ClF3NO2/c10-2-5-4(1-7(15)16)8(9(12)13)14-3-6(5)11/h3,9H,1-2H2,(H,15,16). The Morgan fingerprint density at radius 1 is 1.50 bits per heavy atom. The predicted octanol–water partition coefficient (Wildman–Crippen LogP) is 2.52. The average Bonchev–Trinajstić information content (AvgIpc) is 2.16. The van der Waals surface area contributed by atoms with Gasteiger partial charge in [-0.3, -0.25) is 9.78 Å². The van der Waals surface area contributed by atoms with Crippen molar-refractivity contribution >= 4 is 17.6 Å². The number of rotatable bonds is 4. The molecule has 88 valence electrons. The summed E-state index contributed by atoms with van der Waals surface area (Å²) in [7, 11) is 0. The Kier molecular flexibility index (Phi) is 4.12. The smallest absolute Gasteiger partial charge is 0.307 e. The van der Waals surface area contributed by atoms with Crippen molar-refractivity contribution in [1.29, 1.82) is 0 Å². The number of nitrogens with zero attached hydrogens (tertiary/aromatic N) is 1. The fraction of sp³-hybridized carbons (Fsp3) is 0.333. The van der Waals surface area contributed by atoms with Gasteiger partial charge in [-0.2, -0.15) is 0 Å². The average molecular weight is 254 g/mol. The highest BCUT2D eigenvalue weighted by Gasteiger charge is 2.22. The number of hydrogen-bond donors (Lipinski definition) is 1. The zero-order valence-corrected chi connectivity index (χ0v) is 8.64. The van der Waals surface area contributed by atoms with E-state index in [0.717, 1.165) is 0 Å². The molecular formula is C9H7ClF3NO2. The monoisotopic (exact) mass is 253 g/mol. The molecule has 0 bridgehead atoms. The van der Waals surface area contributed by atoms with E-state index in [1.807, 2.05) is 0 Å².